The van der Waals surface area contributed by atoms with Crippen molar-refractivity contribution in [1.29, 1.82) is 0 Å². The number of benzene rings is 1. The van der Waals surface area contributed by atoms with E-state index < -0.39 is 5.97 Å². The molecule has 0 aromatic heterocycles. The molecule has 0 aliphatic heterocycles. The summed E-state index contributed by atoms with van der Waals surface area (Å²) in [5.74, 6) is -0.988. The fraction of sp³-hybridized carbons (Fsp3) is 0.467. The summed E-state index contributed by atoms with van der Waals surface area (Å²) in [5.41, 5.74) is 0.0378. The maximum atomic E-state index is 12.2. The van der Waals surface area contributed by atoms with Gasteiger partial charge in [-0.2, -0.15) is 0 Å². The summed E-state index contributed by atoms with van der Waals surface area (Å²) in [4.78, 5) is 25.0. The number of anilines is 1. The molecule has 0 saturated carbocycles. The van der Waals surface area contributed by atoms with Gasteiger partial charge < -0.3 is 20.4 Å². The minimum atomic E-state index is -1.20. The second kappa shape index (κ2) is 7.52. The average Bonchev–Trinajstić information content (AvgIpc) is 2.45. The first-order chi connectivity index (χ1) is 9.88. The summed E-state index contributed by atoms with van der Waals surface area (Å²) in [6.45, 7) is 7.13. The van der Waals surface area contributed by atoms with Crippen LogP contribution in [-0.4, -0.2) is 40.2 Å². The van der Waals surface area contributed by atoms with Gasteiger partial charge in [-0.25, -0.2) is 9.59 Å². The van der Waals surface area contributed by atoms with Gasteiger partial charge in [0.1, 0.15) is 5.75 Å². The lowest BCUT2D eigenvalue weighted by Gasteiger charge is -2.24. The Balaban J connectivity index is 2.89. The van der Waals surface area contributed by atoms with E-state index in [1.54, 1.807) is 4.90 Å². The van der Waals surface area contributed by atoms with Crippen molar-refractivity contribution in [3.63, 3.8) is 0 Å². The van der Waals surface area contributed by atoms with E-state index in [0.717, 1.165) is 12.5 Å². The zero-order valence-electron chi connectivity index (χ0n) is 12.6. The molecule has 0 bridgehead atoms. The number of rotatable bonds is 6. The van der Waals surface area contributed by atoms with E-state index in [-0.39, 0.29) is 23.0 Å². The SMILES string of the molecule is CCC(C)CN(CC)C(=O)Nc1ccc(O)cc1C(=O)O. The number of aromatic hydroxyl groups is 1. The van der Waals surface area contributed by atoms with E-state index in [1.165, 1.54) is 12.1 Å². The molecule has 1 aromatic rings. The number of hydrogen-bond donors (Lipinski definition) is 3. The van der Waals surface area contributed by atoms with Crippen LogP contribution in [0, 0.1) is 5.92 Å². The number of carbonyl (C=O) groups is 2. The molecule has 0 aliphatic rings. The Kier molecular flexibility index (Phi) is 6.02. The van der Waals surface area contributed by atoms with Gasteiger partial charge in [-0.05, 0) is 31.0 Å². The quantitative estimate of drug-likeness (QED) is 0.703. The van der Waals surface area contributed by atoms with Crippen molar-refractivity contribution in [3.05, 3.63) is 23.8 Å². The maximum Gasteiger partial charge on any atom is 0.337 e. The first-order valence-corrected chi connectivity index (χ1v) is 7.01. The van der Waals surface area contributed by atoms with Crippen LogP contribution in [0.1, 0.15) is 37.6 Å². The lowest BCUT2D eigenvalue weighted by molar-refractivity contribution is 0.0697. The highest BCUT2D eigenvalue weighted by Crippen LogP contribution is 2.22. The highest BCUT2D eigenvalue weighted by molar-refractivity contribution is 6.00. The van der Waals surface area contributed by atoms with Crippen molar-refractivity contribution >= 4 is 17.7 Å². The molecule has 116 valence electrons. The molecule has 2 amide bonds. The highest BCUT2D eigenvalue weighted by atomic mass is 16.4. The predicted octanol–water partition coefficient (Wildman–Crippen LogP) is 2.99. The number of amides is 2. The number of nitrogens with one attached hydrogen (secondary N) is 1. The Hall–Kier alpha value is -2.24. The summed E-state index contributed by atoms with van der Waals surface area (Å²) in [5, 5.41) is 21.0. The molecule has 6 heteroatoms. The van der Waals surface area contributed by atoms with E-state index in [9.17, 15) is 14.7 Å². The van der Waals surface area contributed by atoms with Gasteiger partial charge in [0.2, 0.25) is 0 Å². The van der Waals surface area contributed by atoms with Gasteiger partial charge in [-0.15, -0.1) is 0 Å². The maximum absolute atomic E-state index is 12.2. The summed E-state index contributed by atoms with van der Waals surface area (Å²) in [6.07, 6.45) is 0.962. The molecule has 0 spiro atoms. The van der Waals surface area contributed by atoms with Gasteiger partial charge >= 0.3 is 12.0 Å². The lowest BCUT2D eigenvalue weighted by atomic mass is 10.1. The van der Waals surface area contributed by atoms with Crippen LogP contribution < -0.4 is 5.32 Å². The van der Waals surface area contributed by atoms with Crippen LogP contribution in [0.2, 0.25) is 0 Å². The molecule has 1 unspecified atom stereocenters. The molecule has 1 aromatic carbocycles. The third-order valence-corrected chi connectivity index (χ3v) is 3.37. The Morgan fingerprint density at radius 2 is 2.00 bits per heavy atom. The van der Waals surface area contributed by atoms with Gasteiger partial charge in [0, 0.05) is 13.1 Å². The molecular weight excluding hydrogens is 272 g/mol. The van der Waals surface area contributed by atoms with Crippen LogP contribution in [0.5, 0.6) is 5.75 Å². The number of aromatic carboxylic acids is 1. The second-order valence-corrected chi connectivity index (χ2v) is 5.02. The highest BCUT2D eigenvalue weighted by Gasteiger charge is 2.18. The van der Waals surface area contributed by atoms with Gasteiger partial charge in [0.05, 0.1) is 11.3 Å². The monoisotopic (exact) mass is 294 g/mol. The average molecular weight is 294 g/mol. The first kappa shape index (κ1) is 16.8. The fourth-order valence-electron chi connectivity index (χ4n) is 1.87. The van der Waals surface area contributed by atoms with Crippen molar-refractivity contribution in [3.8, 4) is 5.75 Å². The molecule has 6 nitrogen and oxygen atoms in total. The molecule has 0 fully saturated rings. The molecule has 0 radical (unpaired) electrons. The normalized spacial score (nSPS) is 11.8. The van der Waals surface area contributed by atoms with Crippen LogP contribution in [0.3, 0.4) is 0 Å². The Bertz CT molecular complexity index is 516. The Labute approximate surface area is 124 Å². The third kappa shape index (κ3) is 4.66. The summed E-state index contributed by atoms with van der Waals surface area (Å²) in [7, 11) is 0. The molecule has 21 heavy (non-hydrogen) atoms. The molecule has 1 rings (SSSR count). The zero-order valence-corrected chi connectivity index (χ0v) is 12.6. The molecule has 0 saturated heterocycles. The molecular formula is C15H22N2O4. The van der Waals surface area contributed by atoms with E-state index in [0.29, 0.717) is 19.0 Å². The summed E-state index contributed by atoms with van der Waals surface area (Å²) < 4.78 is 0. The van der Waals surface area contributed by atoms with Crippen LogP contribution in [0.25, 0.3) is 0 Å². The van der Waals surface area contributed by atoms with Crippen molar-refractivity contribution in [2.24, 2.45) is 5.92 Å². The van der Waals surface area contributed by atoms with E-state index >= 15 is 0 Å². The number of carboxylic acids is 1. The van der Waals surface area contributed by atoms with Gasteiger partial charge in [-0.1, -0.05) is 20.3 Å². The minimum Gasteiger partial charge on any atom is -0.508 e. The topological polar surface area (TPSA) is 89.9 Å². The first-order valence-electron chi connectivity index (χ1n) is 7.01. The van der Waals surface area contributed by atoms with Gasteiger partial charge in [0.15, 0.2) is 0 Å². The molecule has 0 heterocycles. The lowest BCUT2D eigenvalue weighted by Crippen LogP contribution is -2.38. The number of phenols is 1. The Morgan fingerprint density at radius 3 is 2.52 bits per heavy atom. The number of hydrogen-bond acceptors (Lipinski definition) is 3. The van der Waals surface area contributed by atoms with Crippen molar-refractivity contribution in [1.82, 2.24) is 4.90 Å². The van der Waals surface area contributed by atoms with Crippen LogP contribution >= 0.6 is 0 Å². The fourth-order valence-corrected chi connectivity index (χ4v) is 1.87. The van der Waals surface area contributed by atoms with Gasteiger partial charge in [-0.3, -0.25) is 0 Å². The number of phenolic OH excluding ortho intramolecular Hbond substituents is 1. The van der Waals surface area contributed by atoms with E-state index in [1.807, 2.05) is 6.92 Å². The number of carboxylic acid groups (broad SMARTS) is 1. The minimum absolute atomic E-state index is 0.136. The van der Waals surface area contributed by atoms with E-state index in [4.69, 9.17) is 5.11 Å². The largest absolute Gasteiger partial charge is 0.508 e. The van der Waals surface area contributed by atoms with Crippen molar-refractivity contribution < 1.29 is 19.8 Å². The second-order valence-electron chi connectivity index (χ2n) is 5.02. The van der Waals surface area contributed by atoms with E-state index in [2.05, 4.69) is 19.2 Å². The number of carbonyl (C=O) groups excluding carboxylic acids is 1. The van der Waals surface area contributed by atoms with Gasteiger partial charge in [0.25, 0.3) is 0 Å². The van der Waals surface area contributed by atoms with Crippen molar-refractivity contribution in [2.75, 3.05) is 18.4 Å². The smallest absolute Gasteiger partial charge is 0.337 e. The standard InChI is InChI=1S/C15H22N2O4/c1-4-10(3)9-17(5-2)15(21)16-13-7-6-11(18)8-12(13)14(19)20/h6-8,10,18H,4-5,9H2,1-3H3,(H,16,21)(H,19,20). The predicted molar refractivity (Wildman–Crippen MR) is 80.8 cm³/mol. The van der Waals surface area contributed by atoms with Crippen LogP contribution in [-0.2, 0) is 0 Å². The molecule has 1 atom stereocenters. The third-order valence-electron chi connectivity index (χ3n) is 3.37. The molecule has 3 N–H and O–H groups in total. The Morgan fingerprint density at radius 1 is 1.33 bits per heavy atom. The van der Waals surface area contributed by atoms with Crippen LogP contribution in [0.4, 0.5) is 10.5 Å². The zero-order chi connectivity index (χ0) is 16.0. The van der Waals surface area contributed by atoms with Crippen molar-refractivity contribution in [2.45, 2.75) is 27.2 Å². The number of nitrogens with zero attached hydrogens (tertiary/aromatic N) is 1. The molecule has 0 aliphatic carbocycles. The number of urea groups is 1. The summed E-state index contributed by atoms with van der Waals surface area (Å²) >= 11 is 0. The summed E-state index contributed by atoms with van der Waals surface area (Å²) in [6, 6.07) is 3.50. The van der Waals surface area contributed by atoms with Crippen LogP contribution in [0.15, 0.2) is 18.2 Å².